The Hall–Kier alpha value is -1.52. The van der Waals surface area contributed by atoms with Crippen molar-refractivity contribution in [2.24, 2.45) is 5.73 Å². The molecule has 0 saturated heterocycles. The van der Waals surface area contributed by atoms with Crippen LogP contribution in [-0.2, 0) is 0 Å². The summed E-state index contributed by atoms with van der Waals surface area (Å²) in [6, 6.07) is 9.79. The second-order valence-electron chi connectivity index (χ2n) is 5.00. The van der Waals surface area contributed by atoms with Gasteiger partial charge in [-0.25, -0.2) is 0 Å². The van der Waals surface area contributed by atoms with Crippen LogP contribution in [0.25, 0.3) is 0 Å². The molecule has 3 nitrogen and oxygen atoms in total. The molecule has 2 aromatic carbocycles. The minimum absolute atomic E-state index is 0.206. The van der Waals surface area contributed by atoms with E-state index in [-0.39, 0.29) is 6.04 Å². The van der Waals surface area contributed by atoms with Gasteiger partial charge in [0.25, 0.3) is 0 Å². The molecule has 0 saturated carbocycles. The van der Waals surface area contributed by atoms with Gasteiger partial charge in [0.05, 0.1) is 20.3 Å². The second kappa shape index (κ2) is 6.50. The predicted molar refractivity (Wildman–Crippen MR) is 89.2 cm³/mol. The molecule has 4 heteroatoms. The number of halogens is 1. The maximum Gasteiger partial charge on any atom is 0.161 e. The number of nitrogens with two attached hydrogens (primary N) is 1. The maximum atomic E-state index is 6.48. The Morgan fingerprint density at radius 1 is 1.00 bits per heavy atom. The molecule has 1 atom stereocenters. The average Bonchev–Trinajstić information content (AvgIpc) is 2.49. The number of rotatable bonds is 4. The van der Waals surface area contributed by atoms with Crippen LogP contribution < -0.4 is 15.2 Å². The number of benzene rings is 2. The lowest BCUT2D eigenvalue weighted by Crippen LogP contribution is -2.15. The summed E-state index contributed by atoms with van der Waals surface area (Å²) >= 11 is 3.56. The van der Waals surface area contributed by atoms with Gasteiger partial charge in [-0.15, -0.1) is 0 Å². The van der Waals surface area contributed by atoms with Gasteiger partial charge in [-0.3, -0.25) is 0 Å². The van der Waals surface area contributed by atoms with Crippen molar-refractivity contribution >= 4 is 15.9 Å². The minimum Gasteiger partial charge on any atom is -0.493 e. The summed E-state index contributed by atoms with van der Waals surface area (Å²) in [6.07, 6.45) is 0. The number of aryl methyl sites for hydroxylation is 1. The van der Waals surface area contributed by atoms with Crippen molar-refractivity contribution in [2.75, 3.05) is 14.2 Å². The molecule has 0 aliphatic rings. The zero-order valence-electron chi connectivity index (χ0n) is 12.7. The smallest absolute Gasteiger partial charge is 0.161 e. The van der Waals surface area contributed by atoms with Crippen LogP contribution >= 0.6 is 15.9 Å². The Labute approximate surface area is 134 Å². The number of methoxy groups -OCH3 is 2. The monoisotopic (exact) mass is 349 g/mol. The summed E-state index contributed by atoms with van der Waals surface area (Å²) < 4.78 is 11.8. The minimum atomic E-state index is -0.206. The van der Waals surface area contributed by atoms with Crippen LogP contribution in [0.2, 0.25) is 0 Å². The number of ether oxygens (including phenoxy) is 2. The van der Waals surface area contributed by atoms with Gasteiger partial charge in [0.2, 0.25) is 0 Å². The Bertz CT molecular complexity index is 655. The Morgan fingerprint density at radius 3 is 2.24 bits per heavy atom. The van der Waals surface area contributed by atoms with E-state index in [4.69, 9.17) is 15.2 Å². The summed E-state index contributed by atoms with van der Waals surface area (Å²) in [4.78, 5) is 0. The molecule has 2 aromatic rings. The standard InChI is InChI=1S/C17H20BrNO2/c1-10-8-15(20-3)16(21-4)9-13(10)17(19)12-6-5-7-14(18)11(12)2/h5-9,17H,19H2,1-4H3. The fraction of sp³-hybridized carbons (Fsp3) is 0.294. The van der Waals surface area contributed by atoms with Gasteiger partial charge in [0, 0.05) is 4.47 Å². The van der Waals surface area contributed by atoms with Crippen molar-refractivity contribution in [3.63, 3.8) is 0 Å². The predicted octanol–water partition coefficient (Wildman–Crippen LogP) is 4.13. The molecule has 0 fully saturated rings. The zero-order valence-corrected chi connectivity index (χ0v) is 14.3. The first-order chi connectivity index (χ1) is 9.99. The molecule has 0 aromatic heterocycles. The van der Waals surface area contributed by atoms with E-state index in [1.165, 1.54) is 0 Å². The third-order valence-corrected chi connectivity index (χ3v) is 4.61. The maximum absolute atomic E-state index is 6.48. The van der Waals surface area contributed by atoms with E-state index in [0.717, 1.165) is 32.5 Å². The van der Waals surface area contributed by atoms with Crippen LogP contribution in [0.4, 0.5) is 0 Å². The molecule has 0 aliphatic carbocycles. The fourth-order valence-electron chi connectivity index (χ4n) is 2.46. The van der Waals surface area contributed by atoms with E-state index in [2.05, 4.69) is 28.9 Å². The van der Waals surface area contributed by atoms with Crippen molar-refractivity contribution in [2.45, 2.75) is 19.9 Å². The van der Waals surface area contributed by atoms with Crippen LogP contribution in [0.15, 0.2) is 34.8 Å². The first-order valence-electron chi connectivity index (χ1n) is 6.72. The SMILES string of the molecule is COc1cc(C)c(C(N)c2cccc(Br)c2C)cc1OC. The first kappa shape index (κ1) is 15.9. The van der Waals surface area contributed by atoms with Crippen LogP contribution in [-0.4, -0.2) is 14.2 Å². The van der Waals surface area contributed by atoms with E-state index in [1.54, 1.807) is 14.2 Å². The van der Waals surface area contributed by atoms with Crippen molar-refractivity contribution in [3.05, 3.63) is 57.1 Å². The highest BCUT2D eigenvalue weighted by Gasteiger charge is 2.17. The van der Waals surface area contributed by atoms with Gasteiger partial charge >= 0.3 is 0 Å². The largest absolute Gasteiger partial charge is 0.493 e. The third kappa shape index (κ3) is 3.06. The summed E-state index contributed by atoms with van der Waals surface area (Å²) in [5, 5.41) is 0. The molecule has 0 radical (unpaired) electrons. The summed E-state index contributed by atoms with van der Waals surface area (Å²) in [6.45, 7) is 4.10. The molecule has 112 valence electrons. The number of hydrogen-bond donors (Lipinski definition) is 1. The lowest BCUT2D eigenvalue weighted by atomic mass is 9.92. The van der Waals surface area contributed by atoms with Crippen LogP contribution in [0.3, 0.4) is 0 Å². The van der Waals surface area contributed by atoms with Gasteiger partial charge < -0.3 is 15.2 Å². The Kier molecular flexibility index (Phi) is 4.91. The Balaban J connectivity index is 2.53. The molecule has 1 unspecified atom stereocenters. The molecule has 21 heavy (non-hydrogen) atoms. The van der Waals surface area contributed by atoms with E-state index in [1.807, 2.05) is 31.2 Å². The molecular weight excluding hydrogens is 330 g/mol. The molecule has 0 spiro atoms. The lowest BCUT2D eigenvalue weighted by Gasteiger charge is -2.20. The van der Waals surface area contributed by atoms with Gasteiger partial charge in [0.15, 0.2) is 11.5 Å². The van der Waals surface area contributed by atoms with Crippen LogP contribution in [0.1, 0.15) is 28.3 Å². The van der Waals surface area contributed by atoms with Gasteiger partial charge in [0.1, 0.15) is 0 Å². The van der Waals surface area contributed by atoms with Gasteiger partial charge in [-0.05, 0) is 54.3 Å². The Morgan fingerprint density at radius 2 is 1.62 bits per heavy atom. The highest BCUT2D eigenvalue weighted by Crippen LogP contribution is 2.35. The normalized spacial score (nSPS) is 12.1. The molecule has 2 rings (SSSR count). The van der Waals surface area contributed by atoms with E-state index in [9.17, 15) is 0 Å². The summed E-state index contributed by atoms with van der Waals surface area (Å²) in [5.41, 5.74) is 10.9. The number of hydrogen-bond acceptors (Lipinski definition) is 3. The lowest BCUT2D eigenvalue weighted by molar-refractivity contribution is 0.354. The van der Waals surface area contributed by atoms with Gasteiger partial charge in [-0.2, -0.15) is 0 Å². The highest BCUT2D eigenvalue weighted by molar-refractivity contribution is 9.10. The highest BCUT2D eigenvalue weighted by atomic mass is 79.9. The third-order valence-electron chi connectivity index (χ3n) is 3.75. The summed E-state index contributed by atoms with van der Waals surface area (Å²) in [5.74, 6) is 1.41. The van der Waals surface area contributed by atoms with E-state index in [0.29, 0.717) is 5.75 Å². The average molecular weight is 350 g/mol. The molecule has 0 amide bonds. The van der Waals surface area contributed by atoms with Crippen molar-refractivity contribution in [1.82, 2.24) is 0 Å². The molecule has 0 aliphatic heterocycles. The molecular formula is C17H20BrNO2. The summed E-state index contributed by atoms with van der Waals surface area (Å²) in [7, 11) is 3.27. The fourth-order valence-corrected chi connectivity index (χ4v) is 2.84. The first-order valence-corrected chi connectivity index (χ1v) is 7.52. The van der Waals surface area contributed by atoms with Crippen molar-refractivity contribution in [1.29, 1.82) is 0 Å². The van der Waals surface area contributed by atoms with Gasteiger partial charge in [-0.1, -0.05) is 28.1 Å². The zero-order chi connectivity index (χ0) is 15.6. The van der Waals surface area contributed by atoms with E-state index < -0.39 is 0 Å². The molecule has 0 bridgehead atoms. The van der Waals surface area contributed by atoms with Crippen molar-refractivity contribution < 1.29 is 9.47 Å². The quantitative estimate of drug-likeness (QED) is 0.902. The molecule has 2 N–H and O–H groups in total. The topological polar surface area (TPSA) is 44.5 Å². The van der Waals surface area contributed by atoms with Crippen LogP contribution in [0.5, 0.6) is 11.5 Å². The second-order valence-corrected chi connectivity index (χ2v) is 5.85. The van der Waals surface area contributed by atoms with Crippen LogP contribution in [0, 0.1) is 13.8 Å². The van der Waals surface area contributed by atoms with E-state index >= 15 is 0 Å². The van der Waals surface area contributed by atoms with Crippen molar-refractivity contribution in [3.8, 4) is 11.5 Å². The molecule has 0 heterocycles.